The van der Waals surface area contributed by atoms with E-state index in [0.29, 0.717) is 39.3 Å². The van der Waals surface area contributed by atoms with Crippen molar-refractivity contribution in [3.05, 3.63) is 17.1 Å². The molecule has 0 aliphatic carbocycles. The van der Waals surface area contributed by atoms with Crippen molar-refractivity contribution < 1.29 is 14.3 Å². The Morgan fingerprint density at radius 2 is 1.93 bits per heavy atom. The molecule has 0 bridgehead atoms. The van der Waals surface area contributed by atoms with Crippen LogP contribution in [0.2, 0.25) is 0 Å². The number of hydrogen-bond donors (Lipinski definition) is 1. The maximum Gasteiger partial charge on any atom is 0.237 e. The van der Waals surface area contributed by atoms with Crippen LogP contribution >= 0.6 is 0 Å². The summed E-state index contributed by atoms with van der Waals surface area (Å²) in [6, 6.07) is -0.0875. The van der Waals surface area contributed by atoms with Crippen LogP contribution in [0.4, 0.5) is 5.82 Å². The van der Waals surface area contributed by atoms with Crippen LogP contribution < -0.4 is 5.32 Å². The molecule has 164 valence electrons. The summed E-state index contributed by atoms with van der Waals surface area (Å²) >= 11 is 0. The van der Waals surface area contributed by atoms with E-state index >= 15 is 0 Å². The first-order valence-corrected chi connectivity index (χ1v) is 11.0. The van der Waals surface area contributed by atoms with Gasteiger partial charge >= 0.3 is 0 Å². The second-order valence-corrected chi connectivity index (χ2v) is 8.28. The Hall–Kier alpha value is -2.26. The van der Waals surface area contributed by atoms with Gasteiger partial charge in [-0.1, -0.05) is 0 Å². The van der Waals surface area contributed by atoms with Gasteiger partial charge in [0.05, 0.1) is 38.0 Å². The number of ether oxygens (including phenoxy) is 1. The van der Waals surface area contributed by atoms with Gasteiger partial charge in [0.25, 0.3) is 0 Å². The average molecular weight is 417 g/mol. The molecule has 3 aliphatic rings. The Bertz CT molecular complexity index is 778. The first-order chi connectivity index (χ1) is 14.6. The average Bonchev–Trinajstić information content (AvgIpc) is 2.78. The summed E-state index contributed by atoms with van der Waals surface area (Å²) in [4.78, 5) is 40.6. The molecule has 4 rings (SSSR count). The van der Waals surface area contributed by atoms with Crippen molar-refractivity contribution in [1.82, 2.24) is 24.7 Å². The van der Waals surface area contributed by atoms with Gasteiger partial charge in [-0.05, 0) is 19.3 Å². The topological polar surface area (TPSA) is 90.9 Å². The number of amides is 2. The molecular formula is C21H32N6O3. The quantitative estimate of drug-likeness (QED) is 0.777. The maximum absolute atomic E-state index is 13.1. The Morgan fingerprint density at radius 1 is 1.13 bits per heavy atom. The molecule has 0 unspecified atom stereocenters. The van der Waals surface area contributed by atoms with Crippen LogP contribution in [0, 0.1) is 0 Å². The van der Waals surface area contributed by atoms with Gasteiger partial charge < -0.3 is 19.9 Å². The predicted molar refractivity (Wildman–Crippen MR) is 112 cm³/mol. The lowest BCUT2D eigenvalue weighted by molar-refractivity contribution is -0.137. The highest BCUT2D eigenvalue weighted by atomic mass is 16.5. The number of nitrogens with one attached hydrogen (secondary N) is 1. The fourth-order valence-electron chi connectivity index (χ4n) is 4.60. The van der Waals surface area contributed by atoms with Crippen molar-refractivity contribution in [2.45, 2.75) is 45.2 Å². The van der Waals surface area contributed by atoms with Crippen LogP contribution in [0.5, 0.6) is 0 Å². The molecule has 4 heterocycles. The van der Waals surface area contributed by atoms with Crippen LogP contribution in [0.15, 0.2) is 0 Å². The summed E-state index contributed by atoms with van der Waals surface area (Å²) in [6.07, 6.45) is 3.69. The molecule has 2 fully saturated rings. The first kappa shape index (κ1) is 21.0. The van der Waals surface area contributed by atoms with Crippen molar-refractivity contribution in [2.24, 2.45) is 0 Å². The molecule has 0 radical (unpaired) electrons. The number of hydrogen-bond acceptors (Lipinski definition) is 7. The van der Waals surface area contributed by atoms with Crippen molar-refractivity contribution in [3.8, 4) is 0 Å². The minimum Gasteiger partial charge on any atom is -0.379 e. The molecule has 3 aliphatic heterocycles. The van der Waals surface area contributed by atoms with E-state index in [1.54, 1.807) is 6.92 Å². The van der Waals surface area contributed by atoms with Gasteiger partial charge in [-0.25, -0.2) is 9.97 Å². The highest BCUT2D eigenvalue weighted by Crippen LogP contribution is 2.32. The highest BCUT2D eigenvalue weighted by molar-refractivity contribution is 5.79. The second kappa shape index (κ2) is 9.26. The predicted octanol–water partition coefficient (Wildman–Crippen LogP) is 0.809. The third kappa shape index (κ3) is 4.41. The number of fused-ring (bicyclic) bond motifs is 1. The number of aromatic nitrogens is 2. The second-order valence-electron chi connectivity index (χ2n) is 8.28. The fourth-order valence-corrected chi connectivity index (χ4v) is 4.60. The van der Waals surface area contributed by atoms with E-state index in [9.17, 15) is 9.59 Å². The lowest BCUT2D eigenvalue weighted by Crippen LogP contribution is -2.47. The lowest BCUT2D eigenvalue weighted by atomic mass is 9.99. The van der Waals surface area contributed by atoms with Crippen LogP contribution in [-0.2, 0) is 27.3 Å². The first-order valence-electron chi connectivity index (χ1n) is 11.0. The van der Waals surface area contributed by atoms with Crippen molar-refractivity contribution in [2.75, 3.05) is 58.3 Å². The summed E-state index contributed by atoms with van der Waals surface area (Å²) in [5.74, 6) is 1.71. The molecule has 1 N–H and O–H groups in total. The van der Waals surface area contributed by atoms with Crippen molar-refractivity contribution in [1.29, 1.82) is 0 Å². The molecular weight excluding hydrogens is 384 g/mol. The number of likely N-dealkylation sites (tertiary alicyclic amines) is 1. The van der Waals surface area contributed by atoms with Crippen LogP contribution in [0.25, 0.3) is 0 Å². The molecule has 9 nitrogen and oxygen atoms in total. The Morgan fingerprint density at radius 3 is 2.67 bits per heavy atom. The SMILES string of the molecule is CNc1nc([C@H]2CCCCN2C(=O)CN2CCOCC2)nc2c1CN(C(C)=O)CC2. The molecule has 30 heavy (non-hydrogen) atoms. The number of anilines is 1. The zero-order valence-electron chi connectivity index (χ0n) is 18.0. The summed E-state index contributed by atoms with van der Waals surface area (Å²) in [5.41, 5.74) is 1.98. The summed E-state index contributed by atoms with van der Waals surface area (Å²) < 4.78 is 5.40. The van der Waals surface area contributed by atoms with Gasteiger partial charge in [0.1, 0.15) is 5.82 Å². The van der Waals surface area contributed by atoms with E-state index in [2.05, 4.69) is 10.2 Å². The highest BCUT2D eigenvalue weighted by Gasteiger charge is 2.33. The van der Waals surface area contributed by atoms with Crippen LogP contribution in [0.1, 0.15) is 49.3 Å². The Labute approximate surface area is 177 Å². The third-order valence-electron chi connectivity index (χ3n) is 6.34. The Balaban J connectivity index is 1.56. The largest absolute Gasteiger partial charge is 0.379 e. The van der Waals surface area contributed by atoms with Gasteiger partial charge in [0.2, 0.25) is 11.8 Å². The van der Waals surface area contributed by atoms with Crippen molar-refractivity contribution >= 4 is 17.6 Å². The zero-order chi connectivity index (χ0) is 21.1. The monoisotopic (exact) mass is 416 g/mol. The molecule has 2 amide bonds. The van der Waals surface area contributed by atoms with Crippen molar-refractivity contribution in [3.63, 3.8) is 0 Å². The third-order valence-corrected chi connectivity index (χ3v) is 6.34. The zero-order valence-corrected chi connectivity index (χ0v) is 18.0. The molecule has 1 aromatic heterocycles. The summed E-state index contributed by atoms with van der Waals surface area (Å²) in [7, 11) is 1.85. The molecule has 0 saturated carbocycles. The molecule has 2 saturated heterocycles. The standard InChI is InChI=1S/C21H32N6O3/c1-15(28)26-8-6-17-16(13-26)20(22-2)24-21(23-17)18-5-3-4-7-27(18)19(29)14-25-9-11-30-12-10-25/h18H,3-14H2,1-2H3,(H,22,23,24)/t18-/m1/s1. The normalized spacial score (nSPS) is 22.5. The van der Waals surface area contributed by atoms with Gasteiger partial charge in [-0.2, -0.15) is 0 Å². The number of nitrogens with zero attached hydrogens (tertiary/aromatic N) is 5. The number of carbonyl (C=O) groups is 2. The molecule has 0 aromatic carbocycles. The number of piperidine rings is 1. The smallest absolute Gasteiger partial charge is 0.237 e. The van der Waals surface area contributed by atoms with Crippen LogP contribution in [0.3, 0.4) is 0 Å². The van der Waals surface area contributed by atoms with Gasteiger partial charge in [0, 0.05) is 52.1 Å². The molecule has 9 heteroatoms. The van der Waals surface area contributed by atoms with E-state index in [1.165, 1.54) is 0 Å². The van der Waals surface area contributed by atoms with Gasteiger partial charge in [-0.3, -0.25) is 14.5 Å². The molecule has 1 atom stereocenters. The number of rotatable bonds is 4. The Kier molecular flexibility index (Phi) is 6.48. The van der Waals surface area contributed by atoms with E-state index in [-0.39, 0.29) is 17.9 Å². The fraction of sp³-hybridized carbons (Fsp3) is 0.714. The minimum atomic E-state index is -0.0875. The van der Waals surface area contributed by atoms with E-state index in [1.807, 2.05) is 16.8 Å². The lowest BCUT2D eigenvalue weighted by Gasteiger charge is -2.37. The molecule has 1 aromatic rings. The van der Waals surface area contributed by atoms with E-state index in [0.717, 1.165) is 61.8 Å². The van der Waals surface area contributed by atoms with E-state index < -0.39 is 0 Å². The minimum absolute atomic E-state index is 0.0685. The maximum atomic E-state index is 13.1. The van der Waals surface area contributed by atoms with Gasteiger partial charge in [0.15, 0.2) is 5.82 Å². The summed E-state index contributed by atoms with van der Waals surface area (Å²) in [5, 5.41) is 3.19. The van der Waals surface area contributed by atoms with E-state index in [4.69, 9.17) is 14.7 Å². The number of carbonyl (C=O) groups excluding carboxylic acids is 2. The number of morpholine rings is 1. The molecule has 0 spiro atoms. The van der Waals surface area contributed by atoms with Crippen LogP contribution in [-0.4, -0.2) is 89.5 Å². The van der Waals surface area contributed by atoms with Gasteiger partial charge in [-0.15, -0.1) is 0 Å². The summed E-state index contributed by atoms with van der Waals surface area (Å²) in [6.45, 7) is 6.96.